The summed E-state index contributed by atoms with van der Waals surface area (Å²) in [4.78, 5) is 11.5. The first-order valence-corrected chi connectivity index (χ1v) is 6.90. The molecular formula is C14H23N3O. The minimum atomic E-state index is 0.0751. The zero-order valence-corrected chi connectivity index (χ0v) is 11.3. The monoisotopic (exact) mass is 249 g/mol. The second-order valence-electron chi connectivity index (χ2n) is 4.94. The molecule has 4 nitrogen and oxygen atoms in total. The molecule has 0 saturated heterocycles. The zero-order valence-electron chi connectivity index (χ0n) is 11.3. The van der Waals surface area contributed by atoms with Gasteiger partial charge in [0.25, 0.3) is 0 Å². The Labute approximate surface area is 109 Å². The van der Waals surface area contributed by atoms with Crippen molar-refractivity contribution in [2.24, 2.45) is 5.92 Å². The Morgan fingerprint density at radius 1 is 1.44 bits per heavy atom. The fraction of sp³-hybridized carbons (Fsp3) is 0.643. The first kappa shape index (κ1) is 13.1. The van der Waals surface area contributed by atoms with Crippen molar-refractivity contribution in [1.82, 2.24) is 15.2 Å². The van der Waals surface area contributed by atoms with E-state index in [2.05, 4.69) is 29.8 Å². The number of amides is 1. The highest BCUT2D eigenvalue weighted by atomic mass is 16.1. The lowest BCUT2D eigenvalue weighted by Crippen LogP contribution is -2.26. The van der Waals surface area contributed by atoms with Gasteiger partial charge in [0.2, 0.25) is 5.91 Å². The third-order valence-electron chi connectivity index (χ3n) is 3.35. The topological polar surface area (TPSA) is 46.1 Å². The van der Waals surface area contributed by atoms with Gasteiger partial charge >= 0.3 is 0 Å². The fourth-order valence-electron chi connectivity index (χ4n) is 2.37. The van der Waals surface area contributed by atoms with Gasteiger partial charge in [0.1, 0.15) is 6.54 Å². The second-order valence-corrected chi connectivity index (χ2v) is 4.94. The van der Waals surface area contributed by atoms with Gasteiger partial charge in [-0.3, -0.25) is 4.79 Å². The van der Waals surface area contributed by atoms with Crippen molar-refractivity contribution in [2.45, 2.75) is 39.3 Å². The zero-order chi connectivity index (χ0) is 13.0. The van der Waals surface area contributed by atoms with Crippen LogP contribution in [-0.4, -0.2) is 23.6 Å². The van der Waals surface area contributed by atoms with Crippen molar-refractivity contribution in [3.8, 4) is 0 Å². The van der Waals surface area contributed by atoms with E-state index in [4.69, 9.17) is 0 Å². The molecule has 1 aliphatic rings. The first-order chi connectivity index (χ1) is 8.74. The molecule has 1 unspecified atom stereocenters. The fourth-order valence-corrected chi connectivity index (χ4v) is 2.37. The van der Waals surface area contributed by atoms with Crippen LogP contribution in [-0.2, 0) is 11.3 Å². The minimum absolute atomic E-state index is 0.0751. The summed E-state index contributed by atoms with van der Waals surface area (Å²) in [6.45, 7) is 6.17. The Bertz CT molecular complexity index is 395. The number of nitrogens with one attached hydrogen (secondary N) is 2. The molecule has 1 aromatic rings. The molecular weight excluding hydrogens is 226 g/mol. The predicted octanol–water partition coefficient (Wildman–Crippen LogP) is 1.68. The van der Waals surface area contributed by atoms with E-state index in [1.165, 1.54) is 18.4 Å². The summed E-state index contributed by atoms with van der Waals surface area (Å²) in [6, 6.07) is 2.59. The molecule has 1 aliphatic carbocycles. The van der Waals surface area contributed by atoms with Crippen LogP contribution in [0.4, 0.5) is 0 Å². The molecule has 2 N–H and O–H groups in total. The summed E-state index contributed by atoms with van der Waals surface area (Å²) in [5.74, 6) is 0.858. The molecule has 1 amide bonds. The lowest BCUT2D eigenvalue weighted by molar-refractivity contribution is -0.121. The molecule has 1 atom stereocenters. The highest BCUT2D eigenvalue weighted by molar-refractivity contribution is 5.75. The molecule has 1 aromatic heterocycles. The number of rotatable bonds is 7. The van der Waals surface area contributed by atoms with E-state index in [-0.39, 0.29) is 5.91 Å². The summed E-state index contributed by atoms with van der Waals surface area (Å²) in [6.07, 6.45) is 6.73. The third kappa shape index (κ3) is 3.35. The van der Waals surface area contributed by atoms with Crippen LogP contribution in [0.25, 0.3) is 0 Å². The molecule has 4 heteroatoms. The van der Waals surface area contributed by atoms with E-state index in [9.17, 15) is 4.79 Å². The number of hydrogen-bond acceptors (Lipinski definition) is 2. The largest absolute Gasteiger partial charge is 0.355 e. The van der Waals surface area contributed by atoms with Crippen molar-refractivity contribution in [1.29, 1.82) is 0 Å². The van der Waals surface area contributed by atoms with Crippen LogP contribution >= 0.6 is 0 Å². The number of carbonyl (C=O) groups is 1. The maximum absolute atomic E-state index is 11.5. The van der Waals surface area contributed by atoms with Gasteiger partial charge in [-0.1, -0.05) is 6.92 Å². The molecule has 0 bridgehead atoms. The van der Waals surface area contributed by atoms with Crippen LogP contribution in [0.15, 0.2) is 18.5 Å². The lowest BCUT2D eigenvalue weighted by atomic mass is 10.1. The van der Waals surface area contributed by atoms with E-state index < -0.39 is 0 Å². The number of hydrogen-bond donors (Lipinski definition) is 2. The quantitative estimate of drug-likeness (QED) is 0.772. The van der Waals surface area contributed by atoms with Crippen molar-refractivity contribution in [3.63, 3.8) is 0 Å². The van der Waals surface area contributed by atoms with Crippen LogP contribution in [0.2, 0.25) is 0 Å². The summed E-state index contributed by atoms with van der Waals surface area (Å²) < 4.78 is 1.97. The third-order valence-corrected chi connectivity index (χ3v) is 3.35. The summed E-state index contributed by atoms with van der Waals surface area (Å²) in [7, 11) is 0. The maximum Gasteiger partial charge on any atom is 0.239 e. The summed E-state index contributed by atoms with van der Waals surface area (Å²) >= 11 is 0. The van der Waals surface area contributed by atoms with Crippen LogP contribution in [0, 0.1) is 5.92 Å². The molecule has 0 radical (unpaired) electrons. The highest BCUT2D eigenvalue weighted by Crippen LogP contribution is 2.40. The molecule has 2 rings (SSSR count). The van der Waals surface area contributed by atoms with Gasteiger partial charge in [0, 0.05) is 25.0 Å². The van der Waals surface area contributed by atoms with Gasteiger partial charge in [-0.15, -0.1) is 0 Å². The Morgan fingerprint density at radius 3 is 2.83 bits per heavy atom. The average molecular weight is 249 g/mol. The molecule has 1 saturated carbocycles. The van der Waals surface area contributed by atoms with Crippen LogP contribution in [0.1, 0.15) is 38.3 Å². The predicted molar refractivity (Wildman–Crippen MR) is 72.3 cm³/mol. The molecule has 0 spiro atoms. The average Bonchev–Trinajstić information content (AvgIpc) is 3.07. The number of carbonyl (C=O) groups excluding carboxylic acids is 1. The van der Waals surface area contributed by atoms with E-state index in [1.807, 2.05) is 17.7 Å². The van der Waals surface area contributed by atoms with Gasteiger partial charge in [-0.05, 0) is 43.9 Å². The Balaban J connectivity index is 1.97. The Kier molecular flexibility index (Phi) is 4.42. The van der Waals surface area contributed by atoms with Gasteiger partial charge < -0.3 is 15.2 Å². The van der Waals surface area contributed by atoms with Crippen molar-refractivity contribution in [2.75, 3.05) is 13.1 Å². The SMILES string of the molecule is CCNC(=O)Cn1ccc(C(NCC)C2CC2)c1. The van der Waals surface area contributed by atoms with Gasteiger partial charge in [0.15, 0.2) is 0 Å². The summed E-state index contributed by atoms with van der Waals surface area (Å²) in [5.41, 5.74) is 1.31. The highest BCUT2D eigenvalue weighted by Gasteiger charge is 2.32. The van der Waals surface area contributed by atoms with Gasteiger partial charge in [0.05, 0.1) is 0 Å². The molecule has 1 fully saturated rings. The number of nitrogens with zero attached hydrogens (tertiary/aromatic N) is 1. The Morgan fingerprint density at radius 2 is 2.22 bits per heavy atom. The standard InChI is InChI=1S/C14H23N3O/c1-3-15-13(18)10-17-8-7-12(9-17)14(16-4-2)11-5-6-11/h7-9,11,14,16H,3-6,10H2,1-2H3,(H,15,18). The van der Waals surface area contributed by atoms with E-state index >= 15 is 0 Å². The van der Waals surface area contributed by atoms with Gasteiger partial charge in [-0.2, -0.15) is 0 Å². The van der Waals surface area contributed by atoms with Crippen molar-refractivity contribution < 1.29 is 4.79 Å². The second kappa shape index (κ2) is 6.05. The Hall–Kier alpha value is -1.29. The molecule has 100 valence electrons. The van der Waals surface area contributed by atoms with Crippen LogP contribution in [0.5, 0.6) is 0 Å². The normalized spacial score (nSPS) is 16.6. The molecule has 18 heavy (non-hydrogen) atoms. The lowest BCUT2D eigenvalue weighted by Gasteiger charge is -2.15. The molecule has 1 heterocycles. The minimum Gasteiger partial charge on any atom is -0.355 e. The van der Waals surface area contributed by atoms with Crippen LogP contribution in [0.3, 0.4) is 0 Å². The molecule has 0 aromatic carbocycles. The maximum atomic E-state index is 11.5. The van der Waals surface area contributed by atoms with Crippen molar-refractivity contribution in [3.05, 3.63) is 24.0 Å². The number of aromatic nitrogens is 1. The number of likely N-dealkylation sites (N-methyl/N-ethyl adjacent to an activating group) is 1. The van der Waals surface area contributed by atoms with E-state index in [0.29, 0.717) is 19.1 Å². The smallest absolute Gasteiger partial charge is 0.239 e. The van der Waals surface area contributed by atoms with E-state index in [0.717, 1.165) is 12.5 Å². The van der Waals surface area contributed by atoms with E-state index in [1.54, 1.807) is 0 Å². The summed E-state index contributed by atoms with van der Waals surface area (Å²) in [5, 5.41) is 6.36. The van der Waals surface area contributed by atoms with Crippen LogP contribution < -0.4 is 10.6 Å². The van der Waals surface area contributed by atoms with Crippen molar-refractivity contribution >= 4 is 5.91 Å². The van der Waals surface area contributed by atoms with Gasteiger partial charge in [-0.25, -0.2) is 0 Å². The first-order valence-electron chi connectivity index (χ1n) is 6.90. The molecule has 0 aliphatic heterocycles.